The van der Waals surface area contributed by atoms with E-state index in [4.69, 9.17) is 4.74 Å². The Balaban J connectivity index is 1.83. The summed E-state index contributed by atoms with van der Waals surface area (Å²) < 4.78 is 5.52. The molecule has 1 aromatic carbocycles. The molecule has 0 spiro atoms. The van der Waals surface area contributed by atoms with Crippen molar-refractivity contribution in [2.45, 2.75) is 57.8 Å². The third-order valence-corrected chi connectivity index (χ3v) is 5.21. The topological polar surface area (TPSA) is 29.5 Å². The molecule has 0 bridgehead atoms. The van der Waals surface area contributed by atoms with Gasteiger partial charge in [0, 0.05) is 12.0 Å². The maximum absolute atomic E-state index is 12.3. The van der Waals surface area contributed by atoms with Gasteiger partial charge in [-0.3, -0.25) is 4.79 Å². The fraction of sp³-hybridized carbons (Fsp3) is 0.650. The van der Waals surface area contributed by atoms with Crippen molar-refractivity contribution in [2.24, 2.45) is 0 Å². The van der Waals surface area contributed by atoms with Gasteiger partial charge >= 0.3 is 5.97 Å². The third kappa shape index (κ3) is 5.07. The number of nitrogens with zero attached hydrogens (tertiary/aromatic N) is 1. The minimum Gasteiger partial charge on any atom is -0.466 e. The first-order valence-corrected chi connectivity index (χ1v) is 9.13. The molecule has 0 N–H and O–H groups in total. The lowest BCUT2D eigenvalue weighted by atomic mass is 9.76. The monoisotopic (exact) mass is 317 g/mol. The molecular formula is C20H31NO2. The summed E-state index contributed by atoms with van der Waals surface area (Å²) in [5.74, 6) is -0.0321. The molecule has 1 saturated carbocycles. The molecule has 1 aliphatic carbocycles. The van der Waals surface area contributed by atoms with Crippen molar-refractivity contribution in [3.63, 3.8) is 0 Å². The maximum Gasteiger partial charge on any atom is 0.306 e. The normalized spacial score (nSPS) is 16.7. The molecule has 23 heavy (non-hydrogen) atoms. The third-order valence-electron chi connectivity index (χ3n) is 5.21. The van der Waals surface area contributed by atoms with Crippen molar-refractivity contribution in [3.05, 3.63) is 35.9 Å². The second-order valence-corrected chi connectivity index (χ2v) is 6.63. The van der Waals surface area contributed by atoms with Crippen molar-refractivity contribution in [2.75, 3.05) is 26.2 Å². The number of benzene rings is 1. The van der Waals surface area contributed by atoms with Gasteiger partial charge in [-0.15, -0.1) is 0 Å². The summed E-state index contributed by atoms with van der Waals surface area (Å²) in [5.41, 5.74) is 1.31. The number of ether oxygens (including phenoxy) is 1. The lowest BCUT2D eigenvalue weighted by Gasteiger charge is -2.28. The number of esters is 1. The van der Waals surface area contributed by atoms with E-state index in [0.29, 0.717) is 13.0 Å². The highest BCUT2D eigenvalue weighted by Gasteiger charge is 2.37. The average molecular weight is 317 g/mol. The van der Waals surface area contributed by atoms with Gasteiger partial charge in [0.1, 0.15) is 0 Å². The number of hydrogen-bond acceptors (Lipinski definition) is 3. The van der Waals surface area contributed by atoms with Gasteiger partial charge in [0.25, 0.3) is 0 Å². The Morgan fingerprint density at radius 2 is 1.78 bits per heavy atom. The summed E-state index contributed by atoms with van der Waals surface area (Å²) in [4.78, 5) is 14.7. The molecule has 3 heteroatoms. The quantitative estimate of drug-likeness (QED) is 0.506. The Kier molecular flexibility index (Phi) is 7.10. The van der Waals surface area contributed by atoms with Crippen LogP contribution >= 0.6 is 0 Å². The van der Waals surface area contributed by atoms with E-state index in [2.05, 4.69) is 43.0 Å². The Morgan fingerprint density at radius 3 is 2.39 bits per heavy atom. The number of rotatable bonds is 9. The van der Waals surface area contributed by atoms with Crippen LogP contribution in [0.1, 0.15) is 57.9 Å². The van der Waals surface area contributed by atoms with Gasteiger partial charge in [-0.05, 0) is 37.9 Å². The van der Waals surface area contributed by atoms with Gasteiger partial charge in [0.05, 0.1) is 13.0 Å². The van der Waals surface area contributed by atoms with Crippen molar-refractivity contribution < 1.29 is 9.53 Å². The van der Waals surface area contributed by atoms with Crippen LogP contribution < -0.4 is 0 Å². The van der Waals surface area contributed by atoms with Crippen LogP contribution in [0.5, 0.6) is 0 Å². The molecule has 3 nitrogen and oxygen atoms in total. The summed E-state index contributed by atoms with van der Waals surface area (Å²) in [6.45, 7) is 7.99. The van der Waals surface area contributed by atoms with Crippen LogP contribution in [0.3, 0.4) is 0 Å². The van der Waals surface area contributed by atoms with E-state index >= 15 is 0 Å². The second kappa shape index (κ2) is 9.07. The highest BCUT2D eigenvalue weighted by molar-refractivity contribution is 5.71. The Morgan fingerprint density at radius 1 is 1.13 bits per heavy atom. The first-order chi connectivity index (χ1) is 11.2. The van der Waals surface area contributed by atoms with E-state index in [0.717, 1.165) is 38.9 Å². The van der Waals surface area contributed by atoms with Crippen molar-refractivity contribution in [1.82, 2.24) is 4.90 Å². The molecule has 0 saturated heterocycles. The molecule has 0 amide bonds. The fourth-order valence-corrected chi connectivity index (χ4v) is 3.75. The maximum atomic E-state index is 12.3. The first kappa shape index (κ1) is 18.0. The first-order valence-electron chi connectivity index (χ1n) is 9.13. The van der Waals surface area contributed by atoms with Gasteiger partial charge in [-0.1, -0.05) is 57.0 Å². The summed E-state index contributed by atoms with van der Waals surface area (Å²) in [6.07, 6.45) is 6.08. The molecule has 1 fully saturated rings. The van der Waals surface area contributed by atoms with Crippen LogP contribution in [-0.4, -0.2) is 37.1 Å². The number of carbonyl (C=O) groups is 1. The Hall–Kier alpha value is -1.35. The number of carbonyl (C=O) groups excluding carboxylic acids is 1. The molecule has 128 valence electrons. The van der Waals surface area contributed by atoms with Crippen molar-refractivity contribution >= 4 is 5.97 Å². The largest absolute Gasteiger partial charge is 0.466 e. The van der Waals surface area contributed by atoms with Gasteiger partial charge in [-0.2, -0.15) is 0 Å². The zero-order valence-corrected chi connectivity index (χ0v) is 14.7. The molecule has 0 radical (unpaired) electrons. The lowest BCUT2D eigenvalue weighted by molar-refractivity contribution is -0.145. The van der Waals surface area contributed by atoms with E-state index in [1.807, 2.05) is 6.07 Å². The molecule has 1 aliphatic rings. The van der Waals surface area contributed by atoms with Gasteiger partial charge < -0.3 is 9.64 Å². The van der Waals surface area contributed by atoms with Crippen LogP contribution in [0.4, 0.5) is 0 Å². The van der Waals surface area contributed by atoms with E-state index in [-0.39, 0.29) is 11.4 Å². The molecule has 1 aromatic rings. The molecule has 0 atom stereocenters. The van der Waals surface area contributed by atoms with Crippen LogP contribution in [0.2, 0.25) is 0 Å². The van der Waals surface area contributed by atoms with Gasteiger partial charge in [0.15, 0.2) is 0 Å². The average Bonchev–Trinajstić information content (AvgIpc) is 3.05. The summed E-state index contributed by atoms with van der Waals surface area (Å²) in [7, 11) is 0. The minimum atomic E-state index is -0.0321. The van der Waals surface area contributed by atoms with Crippen LogP contribution in [0.25, 0.3) is 0 Å². The highest BCUT2D eigenvalue weighted by Crippen LogP contribution is 2.43. The van der Waals surface area contributed by atoms with Gasteiger partial charge in [0.2, 0.25) is 0 Å². The van der Waals surface area contributed by atoms with E-state index in [9.17, 15) is 4.79 Å². The molecule has 0 aliphatic heterocycles. The zero-order chi connectivity index (χ0) is 16.5. The lowest BCUT2D eigenvalue weighted by Crippen LogP contribution is -2.28. The second-order valence-electron chi connectivity index (χ2n) is 6.63. The summed E-state index contributed by atoms with van der Waals surface area (Å²) >= 11 is 0. The highest BCUT2D eigenvalue weighted by atomic mass is 16.5. The molecule has 0 heterocycles. The van der Waals surface area contributed by atoms with Crippen LogP contribution in [0.15, 0.2) is 30.3 Å². The van der Waals surface area contributed by atoms with E-state index in [1.54, 1.807) is 0 Å². The van der Waals surface area contributed by atoms with Crippen LogP contribution in [0, 0.1) is 0 Å². The van der Waals surface area contributed by atoms with Crippen LogP contribution in [-0.2, 0) is 14.9 Å². The van der Waals surface area contributed by atoms with E-state index in [1.165, 1.54) is 18.4 Å². The summed E-state index contributed by atoms with van der Waals surface area (Å²) in [5, 5.41) is 0. The summed E-state index contributed by atoms with van der Waals surface area (Å²) in [6, 6.07) is 10.5. The fourth-order valence-electron chi connectivity index (χ4n) is 3.75. The predicted octanol–water partition coefficient (Wildman–Crippen LogP) is 4.16. The smallest absolute Gasteiger partial charge is 0.306 e. The molecule has 0 unspecified atom stereocenters. The zero-order valence-electron chi connectivity index (χ0n) is 14.7. The van der Waals surface area contributed by atoms with Gasteiger partial charge in [-0.25, -0.2) is 0 Å². The van der Waals surface area contributed by atoms with E-state index < -0.39 is 0 Å². The van der Waals surface area contributed by atoms with Crippen molar-refractivity contribution in [1.29, 1.82) is 0 Å². The minimum absolute atomic E-state index is 0.0111. The predicted molar refractivity (Wildman–Crippen MR) is 94.6 cm³/mol. The SMILES string of the molecule is CCN(CC)CCCOC(=O)CC1(c2ccccc2)CCCC1. The standard InChI is InChI=1S/C20H31NO2/c1-3-21(4-2)15-10-16-23-19(22)17-20(13-8-9-14-20)18-11-6-5-7-12-18/h5-7,11-12H,3-4,8-10,13-17H2,1-2H3. The molecule has 2 rings (SSSR count). The van der Waals surface area contributed by atoms with Crippen molar-refractivity contribution in [3.8, 4) is 0 Å². The molecular weight excluding hydrogens is 286 g/mol. The Labute approximate surface area is 141 Å². The Bertz CT molecular complexity index is 462. The number of hydrogen-bond donors (Lipinski definition) is 0. The molecule has 0 aromatic heterocycles.